The molecule has 16 heteroatoms. The molecule has 3 saturated heterocycles. The zero-order chi connectivity index (χ0) is 28.7. The summed E-state index contributed by atoms with van der Waals surface area (Å²) in [5.41, 5.74) is 3.97. The Labute approximate surface area is 243 Å². The number of ether oxygens (including phenoxy) is 2. The number of pyridine rings is 1. The van der Waals surface area contributed by atoms with Crippen molar-refractivity contribution in [1.29, 1.82) is 0 Å². The largest absolute Gasteiger partial charge is 0.507 e. The fourth-order valence-electron chi connectivity index (χ4n) is 6.18. The number of fused-ring (bicyclic) bond motifs is 1. The van der Waals surface area contributed by atoms with Crippen LogP contribution in [0.2, 0.25) is 0 Å². The third-order valence-electron chi connectivity index (χ3n) is 8.42. The Morgan fingerprint density at radius 2 is 2.02 bits per heavy atom. The van der Waals surface area contributed by atoms with Crippen LogP contribution in [-0.2, 0) is 14.3 Å². The highest BCUT2D eigenvalue weighted by Crippen LogP contribution is 2.54. The van der Waals surface area contributed by atoms with Crippen molar-refractivity contribution in [2.45, 2.75) is 35.8 Å². The molecular formula is C26H27FN8O6S. The van der Waals surface area contributed by atoms with E-state index in [0.717, 1.165) is 30.9 Å². The Kier molecular flexibility index (Phi) is 5.65. The first-order valence-electron chi connectivity index (χ1n) is 13.8. The van der Waals surface area contributed by atoms with Crippen molar-refractivity contribution in [3.8, 4) is 5.75 Å². The molecular weight excluding hydrogens is 571 g/mol. The molecule has 1 aromatic heterocycles. The van der Waals surface area contributed by atoms with Crippen LogP contribution in [0.25, 0.3) is 0 Å². The van der Waals surface area contributed by atoms with Crippen LogP contribution < -0.4 is 30.4 Å². The van der Waals surface area contributed by atoms with Crippen LogP contribution in [0.5, 0.6) is 5.75 Å². The number of aromatic nitrogens is 1. The first-order chi connectivity index (χ1) is 20.3. The molecule has 1 aromatic rings. The predicted octanol–water partition coefficient (Wildman–Crippen LogP) is 0.402. The molecule has 0 bridgehead atoms. The number of aliphatic hydroxyl groups excluding tert-OH is 1. The zero-order valence-corrected chi connectivity index (χ0v) is 23.0. The molecule has 8 rings (SSSR count). The average molecular weight is 599 g/mol. The summed E-state index contributed by atoms with van der Waals surface area (Å²) in [5.74, 6) is 0.0529. The van der Waals surface area contributed by atoms with Gasteiger partial charge in [-0.1, -0.05) is 0 Å². The fraction of sp³-hybridized carbons (Fsp3) is 0.462. The number of nitrogens with one attached hydrogen (secondary N) is 4. The number of halogens is 1. The van der Waals surface area contributed by atoms with Gasteiger partial charge in [0.25, 0.3) is 11.8 Å². The van der Waals surface area contributed by atoms with Crippen LogP contribution in [0.3, 0.4) is 0 Å². The second-order valence-electron chi connectivity index (χ2n) is 11.3. The van der Waals surface area contributed by atoms with Gasteiger partial charge in [-0.3, -0.25) is 19.2 Å². The third kappa shape index (κ3) is 3.99. The molecule has 14 nitrogen and oxygen atoms in total. The standard InChI is InChI=1S/C26H27FN8O6S/c27-15-5-16(36)21-24(38)32-42-26(21)11-35(13-1-2-13)31-23(20(15)26)33-7-12(8-33)28-6-14-9-34(25(39)41-14)18-4-3-17-22(29-18)30-19(37)10-40-17/h3-5,12-14,28,31,36H,1-2,6-11H2,(H,32,38)(H,29,30,37)/t14-,26?/m0/s1. The summed E-state index contributed by atoms with van der Waals surface area (Å²) < 4.78 is 28.1. The minimum atomic E-state index is -1.04. The molecule has 5 N–H and O–H groups in total. The summed E-state index contributed by atoms with van der Waals surface area (Å²) in [4.78, 5) is 44.7. The number of hydrogen-bond acceptors (Lipinski definition) is 12. The van der Waals surface area contributed by atoms with Gasteiger partial charge in [-0.25, -0.2) is 19.2 Å². The van der Waals surface area contributed by atoms with Crippen molar-refractivity contribution in [2.75, 3.05) is 49.5 Å². The molecule has 5 aliphatic heterocycles. The van der Waals surface area contributed by atoms with E-state index in [0.29, 0.717) is 49.1 Å². The van der Waals surface area contributed by atoms with E-state index in [2.05, 4.69) is 30.8 Å². The second-order valence-corrected chi connectivity index (χ2v) is 12.4. The molecule has 42 heavy (non-hydrogen) atoms. The number of amides is 3. The number of rotatable bonds is 6. The number of anilines is 2. The van der Waals surface area contributed by atoms with E-state index in [1.807, 2.05) is 4.90 Å². The maximum atomic E-state index is 15.5. The van der Waals surface area contributed by atoms with Crippen molar-refractivity contribution < 1.29 is 33.4 Å². The molecule has 4 fully saturated rings. The molecule has 2 aliphatic carbocycles. The fourth-order valence-corrected chi connectivity index (χ4v) is 7.35. The van der Waals surface area contributed by atoms with Gasteiger partial charge in [0.2, 0.25) is 0 Å². The number of cyclic esters (lactones) is 1. The molecule has 1 spiro atoms. The molecule has 2 atom stereocenters. The maximum absolute atomic E-state index is 15.5. The lowest BCUT2D eigenvalue weighted by atomic mass is 9.81. The summed E-state index contributed by atoms with van der Waals surface area (Å²) in [6, 6.07) is 3.65. The zero-order valence-electron chi connectivity index (χ0n) is 22.2. The lowest BCUT2D eigenvalue weighted by Crippen LogP contribution is -2.65. The normalized spacial score (nSPS) is 29.1. The van der Waals surface area contributed by atoms with Crippen molar-refractivity contribution >= 4 is 41.5 Å². The molecule has 1 saturated carbocycles. The quantitative estimate of drug-likeness (QED) is 0.287. The van der Waals surface area contributed by atoms with E-state index >= 15 is 4.39 Å². The molecule has 3 amide bonds. The van der Waals surface area contributed by atoms with Crippen LogP contribution in [-0.4, -0.2) is 100 Å². The van der Waals surface area contributed by atoms with Crippen molar-refractivity contribution in [1.82, 2.24) is 30.4 Å². The number of likely N-dealkylation sites (tertiary alicyclic amines) is 1. The summed E-state index contributed by atoms with van der Waals surface area (Å²) in [6.07, 6.45) is 2.09. The first kappa shape index (κ1) is 25.7. The highest BCUT2D eigenvalue weighted by Gasteiger charge is 2.59. The van der Waals surface area contributed by atoms with E-state index in [1.165, 1.54) is 4.90 Å². The van der Waals surface area contributed by atoms with E-state index < -0.39 is 28.7 Å². The third-order valence-corrected chi connectivity index (χ3v) is 9.59. The number of carbonyl (C=O) groups is 3. The highest BCUT2D eigenvalue weighted by atomic mass is 32.2. The summed E-state index contributed by atoms with van der Waals surface area (Å²) >= 11 is 1.15. The van der Waals surface area contributed by atoms with E-state index in [1.54, 1.807) is 12.1 Å². The van der Waals surface area contributed by atoms with E-state index in [4.69, 9.17) is 9.47 Å². The number of nitrogens with zero attached hydrogens (tertiary/aromatic N) is 4. The van der Waals surface area contributed by atoms with E-state index in [-0.39, 0.29) is 48.3 Å². The smallest absolute Gasteiger partial charge is 0.416 e. The van der Waals surface area contributed by atoms with Crippen LogP contribution in [0.15, 0.2) is 46.8 Å². The lowest BCUT2D eigenvalue weighted by molar-refractivity contribution is -0.118. The highest BCUT2D eigenvalue weighted by molar-refractivity contribution is 8.00. The Hall–Kier alpha value is -4.02. The van der Waals surface area contributed by atoms with Crippen LogP contribution >= 0.6 is 11.9 Å². The molecule has 7 aliphatic rings. The van der Waals surface area contributed by atoms with Crippen molar-refractivity contribution in [3.05, 3.63) is 46.8 Å². The lowest BCUT2D eigenvalue weighted by Gasteiger charge is -2.50. The Morgan fingerprint density at radius 3 is 2.83 bits per heavy atom. The summed E-state index contributed by atoms with van der Waals surface area (Å²) in [7, 11) is 0. The van der Waals surface area contributed by atoms with Gasteiger partial charge in [0.1, 0.15) is 34.1 Å². The van der Waals surface area contributed by atoms with Gasteiger partial charge in [0.05, 0.1) is 17.7 Å². The van der Waals surface area contributed by atoms with E-state index in [9.17, 15) is 19.5 Å². The number of allylic oxidation sites excluding steroid dienone is 2. The second kappa shape index (κ2) is 9.24. The van der Waals surface area contributed by atoms with Crippen molar-refractivity contribution in [2.24, 2.45) is 0 Å². The summed E-state index contributed by atoms with van der Waals surface area (Å²) in [5, 5.41) is 18.6. The van der Waals surface area contributed by atoms with Gasteiger partial charge in [-0.15, -0.1) is 0 Å². The van der Waals surface area contributed by atoms with Gasteiger partial charge >= 0.3 is 6.09 Å². The number of hydrogen-bond donors (Lipinski definition) is 5. The van der Waals surface area contributed by atoms with Gasteiger partial charge < -0.3 is 35.5 Å². The SMILES string of the molecule is O=C1COc2ccc(N3C[C@H](CNC4CN(C5=C6C(F)=CC(O)=C7C(=O)NSC76CN(C6CC6)N5)C4)OC3=O)nc2N1. The first-order valence-corrected chi connectivity index (χ1v) is 14.6. The van der Waals surface area contributed by atoms with Crippen molar-refractivity contribution in [3.63, 3.8) is 0 Å². The van der Waals surface area contributed by atoms with Crippen LogP contribution in [0.1, 0.15) is 12.8 Å². The average Bonchev–Trinajstić information content (AvgIpc) is 3.65. The minimum Gasteiger partial charge on any atom is -0.507 e. The Balaban J connectivity index is 0.936. The van der Waals surface area contributed by atoms with Crippen LogP contribution in [0, 0.1) is 0 Å². The molecule has 0 radical (unpaired) electrons. The minimum absolute atomic E-state index is 0.0594. The molecule has 1 unspecified atom stereocenters. The topological polar surface area (TPSA) is 161 Å². The van der Waals surface area contributed by atoms with Gasteiger partial charge in [0.15, 0.2) is 18.2 Å². The molecule has 220 valence electrons. The van der Waals surface area contributed by atoms with Crippen LogP contribution in [0.4, 0.5) is 20.8 Å². The number of aliphatic hydroxyl groups is 1. The Morgan fingerprint density at radius 1 is 1.19 bits per heavy atom. The summed E-state index contributed by atoms with van der Waals surface area (Å²) in [6.45, 7) is 2.11. The van der Waals surface area contributed by atoms with Gasteiger partial charge in [0, 0.05) is 44.3 Å². The predicted molar refractivity (Wildman–Crippen MR) is 147 cm³/mol. The maximum Gasteiger partial charge on any atom is 0.416 e. The van der Waals surface area contributed by atoms with Gasteiger partial charge in [-0.2, -0.15) is 0 Å². The molecule has 0 aromatic carbocycles. The van der Waals surface area contributed by atoms with Gasteiger partial charge in [-0.05, 0) is 36.9 Å². The monoisotopic (exact) mass is 598 g/mol. The number of carbonyl (C=O) groups excluding carboxylic acids is 3. The number of hydrazine groups is 1. The molecule has 6 heterocycles. The Bertz CT molecular complexity index is 1520.